The summed E-state index contributed by atoms with van der Waals surface area (Å²) >= 11 is 0. The van der Waals surface area contributed by atoms with Gasteiger partial charge >= 0.3 is 7.82 Å². The number of aromatic nitrogens is 4. The Morgan fingerprint density at radius 2 is 1.96 bits per heavy atom. The van der Waals surface area contributed by atoms with E-state index in [1.54, 1.807) is 28.8 Å². The molecule has 1 amide bonds. The summed E-state index contributed by atoms with van der Waals surface area (Å²) in [5, 5.41) is 21.9. The number of anilines is 1. The number of nitriles is 1. The Morgan fingerprint density at radius 1 is 1.22 bits per heavy atom. The molecule has 3 heterocycles. The van der Waals surface area contributed by atoms with E-state index in [-0.39, 0.29) is 36.4 Å². The number of hydrogen-bond acceptors (Lipinski definition) is 12. The molecule has 1 fully saturated rings. The minimum atomic E-state index is -4.29. The number of nitrogens with one attached hydrogen (secondary N) is 1. The van der Waals surface area contributed by atoms with Gasteiger partial charge in [-0.3, -0.25) is 22.9 Å². The summed E-state index contributed by atoms with van der Waals surface area (Å²) in [6.45, 7) is 13.0. The molecule has 3 aromatic rings. The second-order valence-electron chi connectivity index (χ2n) is 11.8. The van der Waals surface area contributed by atoms with Gasteiger partial charge in [-0.15, -0.1) is 6.58 Å². The zero-order chi connectivity index (χ0) is 32.8. The van der Waals surface area contributed by atoms with Gasteiger partial charge in [0.2, 0.25) is 0 Å². The molecule has 45 heavy (non-hydrogen) atoms. The third kappa shape index (κ3) is 7.92. The Morgan fingerprint density at radius 3 is 2.60 bits per heavy atom. The van der Waals surface area contributed by atoms with Gasteiger partial charge in [0.05, 0.1) is 38.6 Å². The van der Waals surface area contributed by atoms with Crippen molar-refractivity contribution in [1.82, 2.24) is 19.5 Å². The first-order valence-electron chi connectivity index (χ1n) is 14.4. The number of phosphoric ester groups is 1. The Balaban J connectivity index is 1.74. The van der Waals surface area contributed by atoms with Crippen LogP contribution in [0.1, 0.15) is 43.8 Å². The molecule has 2 unspecified atom stereocenters. The number of amides is 1. The Kier molecular flexibility index (Phi) is 11.1. The van der Waals surface area contributed by atoms with Crippen molar-refractivity contribution < 1.29 is 37.2 Å². The molecule has 0 bridgehead atoms. The van der Waals surface area contributed by atoms with Crippen molar-refractivity contribution in [2.45, 2.75) is 69.9 Å². The van der Waals surface area contributed by atoms with E-state index in [2.05, 4.69) is 47.6 Å². The number of hydrogen-bond donors (Lipinski definition) is 2. The lowest BCUT2D eigenvalue weighted by molar-refractivity contribution is -0.0501. The van der Waals surface area contributed by atoms with Gasteiger partial charge in [0, 0.05) is 5.56 Å². The largest absolute Gasteiger partial charge is 0.475 e. The van der Waals surface area contributed by atoms with Gasteiger partial charge in [-0.1, -0.05) is 45.0 Å². The summed E-state index contributed by atoms with van der Waals surface area (Å²) in [6.07, 6.45) is 0.0199. The zero-order valence-corrected chi connectivity index (χ0v) is 27.8. The maximum absolute atomic E-state index is 13.8. The summed E-state index contributed by atoms with van der Waals surface area (Å²) in [6, 6.07) is 10.6. The Labute approximate surface area is 263 Å². The van der Waals surface area contributed by atoms with Gasteiger partial charge < -0.3 is 19.6 Å². The maximum atomic E-state index is 13.8. The van der Waals surface area contributed by atoms with E-state index in [0.29, 0.717) is 16.7 Å². The molecule has 0 saturated carbocycles. The summed E-state index contributed by atoms with van der Waals surface area (Å²) in [5.74, 6) is -0.186. The normalized spacial score (nSPS) is 21.7. The molecule has 1 aromatic carbocycles. The Bertz CT molecular complexity index is 1570. The van der Waals surface area contributed by atoms with Crippen LogP contribution in [0, 0.1) is 11.3 Å². The molecule has 16 heteroatoms. The lowest BCUT2D eigenvalue weighted by Crippen LogP contribution is -2.49. The van der Waals surface area contributed by atoms with Crippen molar-refractivity contribution in [1.29, 1.82) is 5.26 Å². The van der Waals surface area contributed by atoms with Crippen LogP contribution in [0.4, 0.5) is 5.82 Å². The highest BCUT2D eigenvalue weighted by Crippen LogP contribution is 2.54. The molecule has 2 N–H and O–H groups in total. The maximum Gasteiger partial charge on any atom is 0.475 e. The van der Waals surface area contributed by atoms with Crippen LogP contribution < -0.4 is 5.32 Å². The molecule has 242 valence electrons. The number of fused-ring (bicyclic) bond motifs is 1. The van der Waals surface area contributed by atoms with Gasteiger partial charge in [0.1, 0.15) is 24.6 Å². The summed E-state index contributed by atoms with van der Waals surface area (Å²) in [4.78, 5) is 26.0. The van der Waals surface area contributed by atoms with Gasteiger partial charge in [-0.2, -0.15) is 5.26 Å². The minimum absolute atomic E-state index is 0.0498. The first kappa shape index (κ1) is 34.5. The standard InChI is InChI=1S/C29H39N6O8PSi/c1-7-15-39-44(38,40-16-11-14-30)42-23-21(17-36)41-28(24(23)43-45(5,6)29(2,3)4)35-19-33-22-25(31-18-32-26(22)35)34-27(37)20-12-9-8-10-13-20/h7-10,12-13,18-19,21,23-24,28,36H,1,11,15-17H2,2-6H3,(H,31,32,34,37)/t21-,23-,24?,28-,44?/m1/s1. The number of imidazole rings is 1. The van der Waals surface area contributed by atoms with E-state index < -0.39 is 47.3 Å². The molecule has 2 aromatic heterocycles. The predicted molar refractivity (Wildman–Crippen MR) is 168 cm³/mol. The number of carbonyl (C=O) groups is 1. The van der Waals surface area contributed by atoms with Crippen LogP contribution in [-0.4, -0.2) is 77.0 Å². The fraction of sp³-hybridized carbons (Fsp3) is 0.483. The van der Waals surface area contributed by atoms with Crippen molar-refractivity contribution in [3.05, 3.63) is 61.2 Å². The fourth-order valence-corrected chi connectivity index (χ4v) is 6.98. The highest BCUT2D eigenvalue weighted by Gasteiger charge is 2.54. The lowest BCUT2D eigenvalue weighted by Gasteiger charge is -2.40. The minimum Gasteiger partial charge on any atom is -0.407 e. The first-order valence-corrected chi connectivity index (χ1v) is 18.7. The highest BCUT2D eigenvalue weighted by molar-refractivity contribution is 7.48. The number of aliphatic hydroxyl groups is 1. The molecule has 0 aliphatic carbocycles. The zero-order valence-electron chi connectivity index (χ0n) is 26.0. The van der Waals surface area contributed by atoms with Crippen molar-refractivity contribution >= 4 is 39.0 Å². The van der Waals surface area contributed by atoms with E-state index in [9.17, 15) is 14.5 Å². The smallest absolute Gasteiger partial charge is 0.407 e. The van der Waals surface area contributed by atoms with Crippen molar-refractivity contribution in [3.63, 3.8) is 0 Å². The average Bonchev–Trinajstić information content (AvgIpc) is 3.57. The average molecular weight is 659 g/mol. The van der Waals surface area contributed by atoms with Crippen LogP contribution in [0.15, 0.2) is 55.6 Å². The SMILES string of the molecule is C=CCOP(=O)(OCCC#N)O[C@H]1C(O[Si](C)(C)C(C)(C)C)[C@H](n2cnc3c(NC(=O)c4ccccc4)ncnc32)O[C@@H]1CO. The molecular weight excluding hydrogens is 619 g/mol. The first-order chi connectivity index (χ1) is 21.3. The number of nitrogens with zero attached hydrogens (tertiary/aromatic N) is 5. The number of ether oxygens (including phenoxy) is 1. The van der Waals surface area contributed by atoms with Crippen LogP contribution in [-0.2, 0) is 27.3 Å². The monoisotopic (exact) mass is 658 g/mol. The number of aliphatic hydroxyl groups excluding tert-OH is 1. The number of carbonyl (C=O) groups excluding carboxylic acids is 1. The molecule has 4 rings (SSSR count). The summed E-state index contributed by atoms with van der Waals surface area (Å²) in [7, 11) is -6.86. The van der Waals surface area contributed by atoms with Crippen LogP contribution in [0.3, 0.4) is 0 Å². The molecule has 5 atom stereocenters. The van der Waals surface area contributed by atoms with Gasteiger partial charge in [0.15, 0.2) is 31.5 Å². The fourth-order valence-electron chi connectivity index (χ4n) is 4.34. The number of rotatable bonds is 14. The third-order valence-electron chi connectivity index (χ3n) is 7.67. The van der Waals surface area contributed by atoms with E-state index in [0.717, 1.165) is 0 Å². The third-order valence-corrected chi connectivity index (χ3v) is 13.6. The second-order valence-corrected chi connectivity index (χ2v) is 18.2. The van der Waals surface area contributed by atoms with Gasteiger partial charge in [-0.25, -0.2) is 19.5 Å². The molecule has 0 spiro atoms. The van der Waals surface area contributed by atoms with Gasteiger partial charge in [-0.05, 0) is 30.3 Å². The second kappa shape index (κ2) is 14.4. The molecule has 1 aliphatic rings. The van der Waals surface area contributed by atoms with Crippen LogP contribution >= 0.6 is 7.82 Å². The van der Waals surface area contributed by atoms with E-state index >= 15 is 0 Å². The van der Waals surface area contributed by atoms with Crippen molar-refractivity contribution in [3.8, 4) is 6.07 Å². The highest BCUT2D eigenvalue weighted by atomic mass is 31.2. The predicted octanol–water partition coefficient (Wildman–Crippen LogP) is 4.98. The van der Waals surface area contributed by atoms with Crippen LogP contribution in [0.2, 0.25) is 18.1 Å². The molecule has 1 aliphatic heterocycles. The number of benzene rings is 1. The summed E-state index contributed by atoms with van der Waals surface area (Å²) in [5.41, 5.74) is 1.05. The van der Waals surface area contributed by atoms with E-state index in [4.69, 9.17) is 28.0 Å². The quantitative estimate of drug-likeness (QED) is 0.103. The van der Waals surface area contributed by atoms with Crippen molar-refractivity contribution in [2.75, 3.05) is 25.1 Å². The van der Waals surface area contributed by atoms with Crippen LogP contribution in [0.25, 0.3) is 11.2 Å². The van der Waals surface area contributed by atoms with E-state index in [1.165, 1.54) is 18.7 Å². The molecular formula is C29H39N6O8PSi. The van der Waals surface area contributed by atoms with Crippen molar-refractivity contribution in [2.24, 2.45) is 0 Å². The topological polar surface area (TPSA) is 180 Å². The van der Waals surface area contributed by atoms with E-state index in [1.807, 2.05) is 25.2 Å². The number of phosphoric acid groups is 1. The molecule has 0 radical (unpaired) electrons. The van der Waals surface area contributed by atoms with Gasteiger partial charge in [0.25, 0.3) is 5.91 Å². The van der Waals surface area contributed by atoms with Crippen LogP contribution in [0.5, 0.6) is 0 Å². The molecule has 14 nitrogen and oxygen atoms in total. The Hall–Kier alpha value is -3.32. The lowest BCUT2D eigenvalue weighted by atomic mass is 10.1. The summed E-state index contributed by atoms with van der Waals surface area (Å²) < 4.78 is 45.4. The molecule has 1 saturated heterocycles.